The van der Waals surface area contributed by atoms with Gasteiger partial charge in [0.05, 0.1) is 32.6 Å². The summed E-state index contributed by atoms with van der Waals surface area (Å²) >= 11 is 0. The summed E-state index contributed by atoms with van der Waals surface area (Å²) in [6.45, 7) is 0. The Bertz CT molecular complexity index is 1640. The van der Waals surface area contributed by atoms with E-state index in [0.29, 0.717) is 29.9 Å². The molecule has 3 heterocycles. The number of halogens is 1. The van der Waals surface area contributed by atoms with Gasteiger partial charge in [-0.15, -0.1) is 5.10 Å². The number of rotatable bonds is 5. The first-order valence-corrected chi connectivity index (χ1v) is 13.6. The molecule has 1 aromatic carbocycles. The first-order chi connectivity index (χ1) is 17.8. The smallest absolute Gasteiger partial charge is 0.191 e. The van der Waals surface area contributed by atoms with Crippen LogP contribution in [0.1, 0.15) is 41.1 Å². The van der Waals surface area contributed by atoms with Gasteiger partial charge in [0.2, 0.25) is 0 Å². The van der Waals surface area contributed by atoms with E-state index in [1.807, 2.05) is 6.08 Å². The molecule has 1 fully saturated rings. The van der Waals surface area contributed by atoms with Gasteiger partial charge in [0.15, 0.2) is 15.6 Å². The van der Waals surface area contributed by atoms with Gasteiger partial charge >= 0.3 is 0 Å². The van der Waals surface area contributed by atoms with Crippen molar-refractivity contribution in [1.82, 2.24) is 24.5 Å². The highest BCUT2D eigenvalue weighted by Gasteiger charge is 2.52. The number of ketones is 1. The molecular weight excluding hydrogens is 493 g/mol. The molecule has 0 N–H and O–H groups in total. The number of sulfone groups is 1. The number of carbonyl (C=O) groups excluding carboxylic acids is 1. The van der Waals surface area contributed by atoms with Crippen molar-refractivity contribution >= 4 is 21.7 Å². The third kappa shape index (κ3) is 3.83. The molecule has 2 aliphatic rings. The fourth-order valence-electron chi connectivity index (χ4n) is 5.55. The van der Waals surface area contributed by atoms with Gasteiger partial charge in [-0.1, -0.05) is 16.9 Å². The van der Waals surface area contributed by atoms with Crippen LogP contribution < -0.4 is 0 Å². The van der Waals surface area contributed by atoms with Crippen LogP contribution in [-0.4, -0.2) is 44.0 Å². The van der Waals surface area contributed by atoms with Crippen molar-refractivity contribution < 1.29 is 17.6 Å². The molecule has 0 saturated heterocycles. The van der Waals surface area contributed by atoms with Crippen LogP contribution in [0.2, 0.25) is 0 Å². The molecule has 0 bridgehead atoms. The summed E-state index contributed by atoms with van der Waals surface area (Å²) in [6.07, 6.45) is 7.95. The molecule has 0 amide bonds. The molecule has 1 saturated carbocycles. The molecule has 0 unspecified atom stereocenters. The average Bonchev–Trinajstić information content (AvgIpc) is 3.53. The largest absolute Gasteiger partial charge is 0.356 e. The Hall–Kier alpha value is -3.92. The Morgan fingerprint density at radius 3 is 2.65 bits per heavy atom. The van der Waals surface area contributed by atoms with E-state index < -0.39 is 20.5 Å². The van der Waals surface area contributed by atoms with Crippen molar-refractivity contribution in [3.05, 3.63) is 95.6 Å². The molecule has 6 rings (SSSR count). The third-order valence-corrected chi connectivity index (χ3v) is 9.64. The Morgan fingerprint density at radius 1 is 1.14 bits per heavy atom. The molecule has 0 aliphatic heterocycles. The van der Waals surface area contributed by atoms with E-state index in [9.17, 15) is 17.6 Å². The fourth-order valence-corrected chi connectivity index (χ4v) is 7.43. The maximum Gasteiger partial charge on any atom is 0.191 e. The highest BCUT2D eigenvalue weighted by atomic mass is 32.2. The molecular formula is C27H24FN5O3S. The maximum absolute atomic E-state index is 14.1. The standard InChI is InChI=1S/C27H24FN5O3S/c1-32-13-11-22(17-32)37(35,36)21-10-5-18-14-25-24(30-31-33(25)20-8-6-19(28)7-9-20)16-27(18,15-21)26(34)23-4-2-3-12-29-23/h2-4,6-9,11-14,17,21H,5,10,15-16H2,1H3/t21-,27+/m0/s1. The maximum atomic E-state index is 14.1. The van der Waals surface area contributed by atoms with Crippen LogP contribution in [0.5, 0.6) is 0 Å². The quantitative estimate of drug-likeness (QED) is 0.372. The number of nitrogens with zero attached hydrogens (tertiary/aromatic N) is 5. The first-order valence-electron chi connectivity index (χ1n) is 12.0. The van der Waals surface area contributed by atoms with Crippen molar-refractivity contribution in [3.8, 4) is 5.69 Å². The highest BCUT2D eigenvalue weighted by Crippen LogP contribution is 2.51. The van der Waals surface area contributed by atoms with Gasteiger partial charge in [-0.05, 0) is 67.8 Å². The number of carbonyl (C=O) groups is 1. The summed E-state index contributed by atoms with van der Waals surface area (Å²) in [5.74, 6) is -0.566. The van der Waals surface area contributed by atoms with Crippen molar-refractivity contribution in [2.45, 2.75) is 35.8 Å². The lowest BCUT2D eigenvalue weighted by molar-refractivity contribution is 0.0795. The second kappa shape index (κ2) is 8.58. The molecule has 0 radical (unpaired) electrons. The van der Waals surface area contributed by atoms with Crippen LogP contribution in [0.25, 0.3) is 11.8 Å². The Morgan fingerprint density at radius 2 is 1.95 bits per heavy atom. The fraction of sp³-hybridized carbons (Fsp3) is 0.259. The normalized spacial score (nSPS) is 21.1. The number of allylic oxidation sites excluding steroid dienone is 1. The van der Waals surface area contributed by atoms with E-state index in [-0.39, 0.29) is 29.3 Å². The third-order valence-electron chi connectivity index (χ3n) is 7.46. The summed E-state index contributed by atoms with van der Waals surface area (Å²) in [6, 6.07) is 12.7. The van der Waals surface area contributed by atoms with Gasteiger partial charge in [0.1, 0.15) is 11.5 Å². The minimum atomic E-state index is -3.66. The van der Waals surface area contributed by atoms with E-state index >= 15 is 0 Å². The molecule has 4 aromatic rings. The highest BCUT2D eigenvalue weighted by molar-refractivity contribution is 7.92. The predicted molar refractivity (Wildman–Crippen MR) is 134 cm³/mol. The minimum absolute atomic E-state index is 0.133. The number of aromatic nitrogens is 5. The molecule has 0 spiro atoms. The lowest BCUT2D eigenvalue weighted by Crippen LogP contribution is -2.46. The van der Waals surface area contributed by atoms with Crippen LogP contribution in [0.3, 0.4) is 0 Å². The lowest BCUT2D eigenvalue weighted by atomic mass is 9.62. The van der Waals surface area contributed by atoms with E-state index in [4.69, 9.17) is 0 Å². The second-order valence-corrected chi connectivity index (χ2v) is 11.9. The molecule has 2 aliphatic carbocycles. The Labute approximate surface area is 213 Å². The summed E-state index contributed by atoms with van der Waals surface area (Å²) in [5, 5.41) is 7.93. The van der Waals surface area contributed by atoms with Crippen LogP contribution in [0.4, 0.5) is 4.39 Å². The van der Waals surface area contributed by atoms with Crippen molar-refractivity contribution in [2.75, 3.05) is 0 Å². The number of hydrogen-bond donors (Lipinski definition) is 0. The number of aryl methyl sites for hydroxylation is 1. The monoisotopic (exact) mass is 517 g/mol. The van der Waals surface area contributed by atoms with Gasteiger partial charge in [0, 0.05) is 32.1 Å². The minimum Gasteiger partial charge on any atom is -0.356 e. The Balaban J connectivity index is 1.45. The van der Waals surface area contributed by atoms with Gasteiger partial charge in [-0.3, -0.25) is 9.78 Å². The van der Waals surface area contributed by atoms with Gasteiger partial charge < -0.3 is 4.57 Å². The zero-order valence-electron chi connectivity index (χ0n) is 20.1. The molecule has 8 nitrogen and oxygen atoms in total. The first kappa shape index (κ1) is 23.5. The number of fused-ring (bicyclic) bond motifs is 2. The van der Waals surface area contributed by atoms with Crippen LogP contribution in [-0.2, 0) is 23.3 Å². The number of hydrogen-bond acceptors (Lipinski definition) is 6. The van der Waals surface area contributed by atoms with Crippen LogP contribution >= 0.6 is 0 Å². The zero-order valence-corrected chi connectivity index (χ0v) is 20.9. The van der Waals surface area contributed by atoms with Crippen LogP contribution in [0, 0.1) is 11.2 Å². The molecule has 10 heteroatoms. The van der Waals surface area contributed by atoms with E-state index in [1.165, 1.54) is 12.1 Å². The molecule has 188 valence electrons. The molecule has 3 aromatic heterocycles. The summed E-state index contributed by atoms with van der Waals surface area (Å²) in [7, 11) is -1.88. The van der Waals surface area contributed by atoms with E-state index in [2.05, 4.69) is 15.3 Å². The van der Waals surface area contributed by atoms with Crippen LogP contribution in [0.15, 0.2) is 77.6 Å². The van der Waals surface area contributed by atoms with Gasteiger partial charge in [-0.2, -0.15) is 0 Å². The van der Waals surface area contributed by atoms with Crippen molar-refractivity contribution in [3.63, 3.8) is 0 Å². The lowest BCUT2D eigenvalue weighted by Gasteiger charge is -2.43. The van der Waals surface area contributed by atoms with E-state index in [0.717, 1.165) is 11.3 Å². The summed E-state index contributed by atoms with van der Waals surface area (Å²) in [5.41, 5.74) is 2.00. The number of benzene rings is 1. The van der Waals surface area contributed by atoms with Crippen molar-refractivity contribution in [2.24, 2.45) is 12.5 Å². The zero-order chi connectivity index (χ0) is 25.8. The van der Waals surface area contributed by atoms with Gasteiger partial charge in [0.25, 0.3) is 0 Å². The SMILES string of the molecule is Cn1ccc(S(=O)(=O)[C@H]2CCC3=Cc4c(nnn4-c4ccc(F)cc4)C[C@]3(C(=O)c3ccccn3)C2)c1. The number of pyridine rings is 1. The molecule has 2 atom stereocenters. The Kier molecular flexibility index (Phi) is 5.45. The second-order valence-electron chi connectivity index (χ2n) is 9.70. The summed E-state index contributed by atoms with van der Waals surface area (Å²) in [4.78, 5) is 18.6. The topological polar surface area (TPSA) is 99.7 Å². The van der Waals surface area contributed by atoms with E-state index in [1.54, 1.807) is 71.3 Å². The predicted octanol–water partition coefficient (Wildman–Crippen LogP) is 3.98. The van der Waals surface area contributed by atoms with Crippen molar-refractivity contribution in [1.29, 1.82) is 0 Å². The summed E-state index contributed by atoms with van der Waals surface area (Å²) < 4.78 is 44.1. The molecule has 37 heavy (non-hydrogen) atoms. The average molecular weight is 518 g/mol. The number of Topliss-reactive ketones (excluding diaryl/α,β-unsaturated/α-hetero) is 1. The van der Waals surface area contributed by atoms with Gasteiger partial charge in [-0.25, -0.2) is 17.5 Å².